The fourth-order valence-corrected chi connectivity index (χ4v) is 2.76. The fourth-order valence-electron chi connectivity index (χ4n) is 2.76. The molecule has 2 heterocycles. The van der Waals surface area contributed by atoms with Crippen LogP contribution in [0.1, 0.15) is 23.6 Å². The zero-order valence-corrected chi connectivity index (χ0v) is 11.3. The van der Waals surface area contributed by atoms with Crippen molar-refractivity contribution in [3.63, 3.8) is 0 Å². The number of β-amino-alcohol motifs (C(OH)–C–C–N with tert-alkyl or cyclic N) is 1. The van der Waals surface area contributed by atoms with E-state index in [1.54, 1.807) is 30.5 Å². The highest BCUT2D eigenvalue weighted by atomic mass is 19.1. The van der Waals surface area contributed by atoms with Crippen LogP contribution in [0.2, 0.25) is 0 Å². The summed E-state index contributed by atoms with van der Waals surface area (Å²) in [5.74, 6) is 0.269. The monoisotopic (exact) mass is 283 g/mol. The lowest BCUT2D eigenvalue weighted by molar-refractivity contribution is 0.194. The molecule has 1 aliphatic rings. The number of halogens is 1. The van der Waals surface area contributed by atoms with Gasteiger partial charge in [-0.25, -0.2) is 9.37 Å². The smallest absolute Gasteiger partial charge is 0.147 e. The van der Waals surface area contributed by atoms with E-state index in [4.69, 9.17) is 0 Å². The van der Waals surface area contributed by atoms with Crippen LogP contribution < -0.4 is 4.90 Å². The second-order valence-electron chi connectivity index (χ2n) is 5.10. The van der Waals surface area contributed by atoms with Crippen molar-refractivity contribution in [2.24, 2.45) is 0 Å². The molecule has 0 bridgehead atoms. The highest BCUT2D eigenvalue weighted by Gasteiger charge is 2.34. The molecule has 5 heteroatoms. The number of rotatable bonds is 2. The molecule has 1 saturated heterocycles. The predicted octanol–water partition coefficient (Wildman–Crippen LogP) is 2.40. The SMILES string of the molecule is N#Cc1cccnc1N1C[C@@H](O)C[C@@H]1c1ccc(F)cc1. The van der Waals surface area contributed by atoms with Gasteiger partial charge in [0.05, 0.1) is 17.7 Å². The minimum atomic E-state index is -0.492. The first kappa shape index (κ1) is 13.5. The minimum Gasteiger partial charge on any atom is -0.391 e. The molecular weight excluding hydrogens is 269 g/mol. The van der Waals surface area contributed by atoms with E-state index in [-0.39, 0.29) is 11.9 Å². The van der Waals surface area contributed by atoms with Crippen LogP contribution in [-0.2, 0) is 0 Å². The fraction of sp³-hybridized carbons (Fsp3) is 0.250. The molecule has 1 aromatic heterocycles. The second kappa shape index (κ2) is 5.51. The van der Waals surface area contributed by atoms with E-state index in [1.165, 1.54) is 12.1 Å². The maximum atomic E-state index is 13.1. The van der Waals surface area contributed by atoms with E-state index in [9.17, 15) is 14.8 Å². The summed E-state index contributed by atoms with van der Waals surface area (Å²) in [5, 5.41) is 19.2. The van der Waals surface area contributed by atoms with E-state index >= 15 is 0 Å². The standard InChI is InChI=1S/C16H14FN3O/c17-13-5-3-11(4-6-13)15-8-14(21)10-20(15)16-12(9-18)2-1-7-19-16/h1-7,14-15,21H,8,10H2/t14-,15+/m0/s1. The molecule has 0 aliphatic carbocycles. The molecule has 0 amide bonds. The van der Waals surface area contributed by atoms with Gasteiger partial charge in [-0.3, -0.25) is 0 Å². The first-order valence-electron chi connectivity index (χ1n) is 6.74. The van der Waals surface area contributed by atoms with Crippen molar-refractivity contribution in [2.75, 3.05) is 11.4 Å². The van der Waals surface area contributed by atoms with Gasteiger partial charge in [0.1, 0.15) is 17.7 Å². The highest BCUT2D eigenvalue weighted by Crippen LogP contribution is 2.36. The summed E-state index contributed by atoms with van der Waals surface area (Å²) >= 11 is 0. The third-order valence-corrected chi connectivity index (χ3v) is 3.71. The van der Waals surface area contributed by atoms with E-state index in [0.717, 1.165) is 5.56 Å². The first-order valence-corrected chi connectivity index (χ1v) is 6.74. The molecule has 0 radical (unpaired) electrons. The molecule has 2 atom stereocenters. The summed E-state index contributed by atoms with van der Waals surface area (Å²) in [6.45, 7) is 0.410. The summed E-state index contributed by atoms with van der Waals surface area (Å²) < 4.78 is 13.1. The van der Waals surface area contributed by atoms with E-state index in [2.05, 4.69) is 11.1 Å². The summed E-state index contributed by atoms with van der Waals surface area (Å²) in [4.78, 5) is 6.19. The summed E-state index contributed by atoms with van der Waals surface area (Å²) in [7, 11) is 0. The molecule has 0 unspecified atom stereocenters. The van der Waals surface area contributed by atoms with Crippen molar-refractivity contribution in [3.05, 3.63) is 59.5 Å². The molecule has 1 aromatic carbocycles. The number of hydrogen-bond acceptors (Lipinski definition) is 4. The van der Waals surface area contributed by atoms with Crippen LogP contribution in [0.4, 0.5) is 10.2 Å². The van der Waals surface area contributed by atoms with Crippen molar-refractivity contribution in [2.45, 2.75) is 18.6 Å². The van der Waals surface area contributed by atoms with Crippen molar-refractivity contribution in [1.29, 1.82) is 5.26 Å². The second-order valence-corrected chi connectivity index (χ2v) is 5.10. The zero-order chi connectivity index (χ0) is 14.8. The number of aliphatic hydroxyl groups excluding tert-OH is 1. The normalized spacial score (nSPS) is 21.3. The average Bonchev–Trinajstić information content (AvgIpc) is 2.89. The Balaban J connectivity index is 2.00. The highest BCUT2D eigenvalue weighted by molar-refractivity contribution is 5.56. The molecule has 21 heavy (non-hydrogen) atoms. The molecule has 1 N–H and O–H groups in total. The molecule has 1 fully saturated rings. The van der Waals surface area contributed by atoms with Crippen LogP contribution in [0.3, 0.4) is 0 Å². The Bertz CT molecular complexity index is 681. The Labute approximate surface area is 122 Å². The average molecular weight is 283 g/mol. The molecule has 0 spiro atoms. The molecule has 2 aromatic rings. The number of aliphatic hydroxyl groups is 1. The lowest BCUT2D eigenvalue weighted by Crippen LogP contribution is -2.26. The van der Waals surface area contributed by atoms with E-state index < -0.39 is 6.10 Å². The van der Waals surface area contributed by atoms with Gasteiger partial charge in [-0.2, -0.15) is 5.26 Å². The topological polar surface area (TPSA) is 60.2 Å². The van der Waals surface area contributed by atoms with Crippen molar-refractivity contribution in [3.8, 4) is 6.07 Å². The quantitative estimate of drug-likeness (QED) is 0.919. The first-order chi connectivity index (χ1) is 10.2. The largest absolute Gasteiger partial charge is 0.391 e. The summed E-state index contributed by atoms with van der Waals surface area (Å²) in [5.41, 5.74) is 1.38. The Morgan fingerprint density at radius 1 is 1.29 bits per heavy atom. The molecule has 106 valence electrons. The van der Waals surface area contributed by atoms with Crippen LogP contribution in [0.5, 0.6) is 0 Å². The van der Waals surface area contributed by atoms with Crippen molar-refractivity contribution in [1.82, 2.24) is 4.98 Å². The maximum Gasteiger partial charge on any atom is 0.147 e. The Morgan fingerprint density at radius 3 is 2.76 bits per heavy atom. The maximum absolute atomic E-state index is 13.1. The van der Waals surface area contributed by atoms with Gasteiger partial charge in [0, 0.05) is 12.7 Å². The van der Waals surface area contributed by atoms with Gasteiger partial charge in [0.15, 0.2) is 0 Å². The lowest BCUT2D eigenvalue weighted by Gasteiger charge is -2.26. The predicted molar refractivity (Wildman–Crippen MR) is 76.1 cm³/mol. The van der Waals surface area contributed by atoms with Crippen molar-refractivity contribution >= 4 is 5.82 Å². The van der Waals surface area contributed by atoms with Gasteiger partial charge in [-0.05, 0) is 36.2 Å². The van der Waals surface area contributed by atoms with Gasteiger partial charge in [0.2, 0.25) is 0 Å². The Kier molecular flexibility index (Phi) is 3.55. The Morgan fingerprint density at radius 2 is 2.05 bits per heavy atom. The molecule has 4 nitrogen and oxygen atoms in total. The van der Waals surface area contributed by atoms with E-state index in [1.807, 2.05) is 4.90 Å². The number of pyridine rings is 1. The van der Waals surface area contributed by atoms with E-state index in [0.29, 0.717) is 24.3 Å². The van der Waals surface area contributed by atoms with Gasteiger partial charge in [-0.1, -0.05) is 12.1 Å². The molecule has 3 rings (SSSR count). The number of aromatic nitrogens is 1. The van der Waals surface area contributed by atoms with Crippen LogP contribution >= 0.6 is 0 Å². The van der Waals surface area contributed by atoms with Crippen LogP contribution in [0.25, 0.3) is 0 Å². The summed E-state index contributed by atoms with van der Waals surface area (Å²) in [6.07, 6.45) is 1.67. The number of nitrogens with zero attached hydrogens (tertiary/aromatic N) is 3. The van der Waals surface area contributed by atoms with Crippen LogP contribution in [0.15, 0.2) is 42.6 Å². The molecule has 0 saturated carbocycles. The van der Waals surface area contributed by atoms with Crippen LogP contribution in [-0.4, -0.2) is 22.7 Å². The summed E-state index contributed by atoms with van der Waals surface area (Å²) in [6, 6.07) is 11.7. The van der Waals surface area contributed by atoms with Crippen LogP contribution in [0, 0.1) is 17.1 Å². The van der Waals surface area contributed by atoms with Gasteiger partial charge >= 0.3 is 0 Å². The third kappa shape index (κ3) is 2.58. The zero-order valence-electron chi connectivity index (χ0n) is 11.3. The van der Waals surface area contributed by atoms with Gasteiger partial charge in [-0.15, -0.1) is 0 Å². The van der Waals surface area contributed by atoms with Gasteiger partial charge < -0.3 is 10.0 Å². The molecular formula is C16H14FN3O. The lowest BCUT2D eigenvalue weighted by atomic mass is 10.0. The Hall–Kier alpha value is -2.45. The van der Waals surface area contributed by atoms with Gasteiger partial charge in [0.25, 0.3) is 0 Å². The number of hydrogen-bond donors (Lipinski definition) is 1. The third-order valence-electron chi connectivity index (χ3n) is 3.71. The number of benzene rings is 1. The minimum absolute atomic E-state index is 0.109. The number of anilines is 1. The van der Waals surface area contributed by atoms with Crippen molar-refractivity contribution < 1.29 is 9.50 Å². The molecule has 1 aliphatic heterocycles. The number of nitriles is 1.